The summed E-state index contributed by atoms with van der Waals surface area (Å²) in [6, 6.07) is 0. The Bertz CT molecular complexity index is 120. The van der Waals surface area contributed by atoms with Crippen LogP contribution in [0.1, 0.15) is 19.8 Å². The molecule has 0 aliphatic heterocycles. The maximum atomic E-state index is 10.3. The number of hydrogen-bond acceptors (Lipinski definition) is 2. The van der Waals surface area contributed by atoms with Gasteiger partial charge in [-0.05, 0) is 6.42 Å². The molecular formula is C7H12O3. The molecule has 0 radical (unpaired) electrons. The third kappa shape index (κ3) is 3.12. The molecule has 0 spiro atoms. The van der Waals surface area contributed by atoms with Crippen molar-refractivity contribution in [1.29, 1.82) is 0 Å². The summed E-state index contributed by atoms with van der Waals surface area (Å²) in [6.07, 6.45) is 1.77. The van der Waals surface area contributed by atoms with Gasteiger partial charge in [-0.2, -0.15) is 0 Å². The standard InChI is InChI=1S/C7H12O3/c1-3-5-6(7(8)9)10-4-2/h4,6H,2-3,5H2,1H3,(H,8,9). The van der Waals surface area contributed by atoms with Gasteiger partial charge in [-0.1, -0.05) is 19.9 Å². The first kappa shape index (κ1) is 9.01. The molecule has 0 heterocycles. The minimum atomic E-state index is -0.929. The molecule has 0 aromatic rings. The number of aliphatic carboxylic acids is 1. The van der Waals surface area contributed by atoms with Crippen LogP contribution in [0.25, 0.3) is 0 Å². The van der Waals surface area contributed by atoms with E-state index in [9.17, 15) is 4.79 Å². The summed E-state index contributed by atoms with van der Waals surface area (Å²) in [5.41, 5.74) is 0. The Morgan fingerprint density at radius 2 is 2.50 bits per heavy atom. The van der Waals surface area contributed by atoms with Gasteiger partial charge in [0.1, 0.15) is 0 Å². The van der Waals surface area contributed by atoms with E-state index < -0.39 is 12.1 Å². The highest BCUT2D eigenvalue weighted by molar-refractivity contribution is 5.72. The van der Waals surface area contributed by atoms with Crippen LogP contribution in [-0.4, -0.2) is 17.2 Å². The molecule has 0 saturated carbocycles. The number of ether oxygens (including phenoxy) is 1. The van der Waals surface area contributed by atoms with E-state index in [1.807, 2.05) is 6.92 Å². The SMILES string of the molecule is C=COC(CCC)C(=O)O. The smallest absolute Gasteiger partial charge is 0.344 e. The lowest BCUT2D eigenvalue weighted by Gasteiger charge is -2.08. The molecule has 3 nitrogen and oxygen atoms in total. The van der Waals surface area contributed by atoms with E-state index in [1.54, 1.807) is 0 Å². The molecule has 0 rings (SSSR count). The molecule has 0 aromatic heterocycles. The first-order valence-corrected chi connectivity index (χ1v) is 3.21. The van der Waals surface area contributed by atoms with Crippen molar-refractivity contribution in [2.45, 2.75) is 25.9 Å². The Hall–Kier alpha value is -0.990. The van der Waals surface area contributed by atoms with Gasteiger partial charge in [0.05, 0.1) is 6.26 Å². The number of carboxylic acids is 1. The molecule has 0 saturated heterocycles. The lowest BCUT2D eigenvalue weighted by Crippen LogP contribution is -2.21. The van der Waals surface area contributed by atoms with Crippen LogP contribution >= 0.6 is 0 Å². The predicted molar refractivity (Wildman–Crippen MR) is 37.6 cm³/mol. The second kappa shape index (κ2) is 4.85. The van der Waals surface area contributed by atoms with Crippen molar-refractivity contribution in [1.82, 2.24) is 0 Å². The van der Waals surface area contributed by atoms with Gasteiger partial charge >= 0.3 is 5.97 Å². The fourth-order valence-electron chi connectivity index (χ4n) is 0.628. The Morgan fingerprint density at radius 1 is 1.90 bits per heavy atom. The molecule has 0 fully saturated rings. The van der Waals surface area contributed by atoms with Crippen LogP contribution in [0.2, 0.25) is 0 Å². The lowest BCUT2D eigenvalue weighted by molar-refractivity contribution is -0.147. The summed E-state index contributed by atoms with van der Waals surface area (Å²) in [7, 11) is 0. The molecule has 1 atom stereocenters. The van der Waals surface area contributed by atoms with E-state index in [4.69, 9.17) is 9.84 Å². The number of hydrogen-bond donors (Lipinski definition) is 1. The fraction of sp³-hybridized carbons (Fsp3) is 0.571. The minimum absolute atomic E-state index is 0.529. The first-order valence-electron chi connectivity index (χ1n) is 3.21. The Balaban J connectivity index is 3.71. The van der Waals surface area contributed by atoms with Gasteiger partial charge < -0.3 is 9.84 Å². The average molecular weight is 144 g/mol. The third-order valence-electron chi connectivity index (χ3n) is 1.09. The van der Waals surface area contributed by atoms with Gasteiger partial charge in [-0.3, -0.25) is 0 Å². The van der Waals surface area contributed by atoms with Crippen molar-refractivity contribution in [3.8, 4) is 0 Å². The van der Waals surface area contributed by atoms with Crippen LogP contribution in [-0.2, 0) is 9.53 Å². The summed E-state index contributed by atoms with van der Waals surface area (Å²) < 4.78 is 4.71. The van der Waals surface area contributed by atoms with E-state index in [0.29, 0.717) is 6.42 Å². The molecule has 10 heavy (non-hydrogen) atoms. The Kier molecular flexibility index (Phi) is 4.37. The molecule has 0 bridgehead atoms. The molecule has 1 unspecified atom stereocenters. The quantitative estimate of drug-likeness (QED) is 0.593. The molecule has 0 aromatic carbocycles. The maximum Gasteiger partial charge on any atom is 0.344 e. The molecule has 1 N–H and O–H groups in total. The molecule has 0 aliphatic carbocycles. The maximum absolute atomic E-state index is 10.3. The van der Waals surface area contributed by atoms with Gasteiger partial charge in [0, 0.05) is 0 Å². The Labute approximate surface area is 60.3 Å². The molecule has 58 valence electrons. The minimum Gasteiger partial charge on any atom is -0.487 e. The number of carboxylic acid groups (broad SMARTS) is 1. The first-order chi connectivity index (χ1) is 4.72. The van der Waals surface area contributed by atoms with Crippen molar-refractivity contribution >= 4 is 5.97 Å². The zero-order chi connectivity index (χ0) is 7.98. The Morgan fingerprint density at radius 3 is 2.80 bits per heavy atom. The van der Waals surface area contributed by atoms with E-state index >= 15 is 0 Å². The fourth-order valence-corrected chi connectivity index (χ4v) is 0.628. The van der Waals surface area contributed by atoms with Crippen LogP contribution in [0.15, 0.2) is 12.8 Å². The van der Waals surface area contributed by atoms with Crippen LogP contribution in [0.3, 0.4) is 0 Å². The molecule has 0 amide bonds. The van der Waals surface area contributed by atoms with E-state index in [-0.39, 0.29) is 0 Å². The average Bonchev–Trinajstić information content (AvgIpc) is 1.87. The van der Waals surface area contributed by atoms with Crippen LogP contribution in [0.5, 0.6) is 0 Å². The van der Waals surface area contributed by atoms with Gasteiger partial charge in [0.2, 0.25) is 0 Å². The van der Waals surface area contributed by atoms with Crippen molar-refractivity contribution in [3.05, 3.63) is 12.8 Å². The molecule has 0 aliphatic rings. The zero-order valence-electron chi connectivity index (χ0n) is 6.04. The second-order valence-electron chi connectivity index (χ2n) is 1.92. The zero-order valence-corrected chi connectivity index (χ0v) is 6.04. The summed E-state index contributed by atoms with van der Waals surface area (Å²) in [6.45, 7) is 5.18. The van der Waals surface area contributed by atoms with Crippen molar-refractivity contribution in [3.63, 3.8) is 0 Å². The lowest BCUT2D eigenvalue weighted by atomic mass is 10.2. The highest BCUT2D eigenvalue weighted by atomic mass is 16.5. The number of rotatable bonds is 5. The summed E-state index contributed by atoms with van der Waals surface area (Å²) in [5, 5.41) is 8.46. The summed E-state index contributed by atoms with van der Waals surface area (Å²) in [4.78, 5) is 10.3. The van der Waals surface area contributed by atoms with Crippen LogP contribution < -0.4 is 0 Å². The normalized spacial score (nSPS) is 12.1. The van der Waals surface area contributed by atoms with Crippen molar-refractivity contribution in [2.75, 3.05) is 0 Å². The van der Waals surface area contributed by atoms with Gasteiger partial charge in [-0.15, -0.1) is 0 Å². The summed E-state index contributed by atoms with van der Waals surface area (Å²) >= 11 is 0. The van der Waals surface area contributed by atoms with Gasteiger partial charge in [-0.25, -0.2) is 4.79 Å². The largest absolute Gasteiger partial charge is 0.487 e. The van der Waals surface area contributed by atoms with E-state index in [1.165, 1.54) is 0 Å². The topological polar surface area (TPSA) is 46.5 Å². The number of carbonyl (C=O) groups is 1. The van der Waals surface area contributed by atoms with E-state index in [2.05, 4.69) is 6.58 Å². The monoisotopic (exact) mass is 144 g/mol. The van der Waals surface area contributed by atoms with Crippen LogP contribution in [0, 0.1) is 0 Å². The van der Waals surface area contributed by atoms with Crippen LogP contribution in [0.4, 0.5) is 0 Å². The molecule has 3 heteroatoms. The predicted octanol–water partition coefficient (Wildman–Crippen LogP) is 1.40. The molecular weight excluding hydrogens is 132 g/mol. The highest BCUT2D eigenvalue weighted by Gasteiger charge is 2.14. The van der Waals surface area contributed by atoms with Crippen molar-refractivity contribution in [2.24, 2.45) is 0 Å². The second-order valence-corrected chi connectivity index (χ2v) is 1.92. The highest BCUT2D eigenvalue weighted by Crippen LogP contribution is 2.01. The summed E-state index contributed by atoms with van der Waals surface area (Å²) in [5.74, 6) is -0.929. The third-order valence-corrected chi connectivity index (χ3v) is 1.09. The van der Waals surface area contributed by atoms with Crippen molar-refractivity contribution < 1.29 is 14.6 Å². The van der Waals surface area contributed by atoms with Gasteiger partial charge in [0.25, 0.3) is 0 Å². The van der Waals surface area contributed by atoms with Gasteiger partial charge in [0.15, 0.2) is 6.10 Å². The van der Waals surface area contributed by atoms with E-state index in [0.717, 1.165) is 12.7 Å².